The molecule has 2 aromatic carbocycles. The van der Waals surface area contributed by atoms with E-state index in [0.29, 0.717) is 25.1 Å². The lowest BCUT2D eigenvalue weighted by molar-refractivity contribution is -0.155. The van der Waals surface area contributed by atoms with Crippen LogP contribution in [0.3, 0.4) is 0 Å². The summed E-state index contributed by atoms with van der Waals surface area (Å²) in [4.78, 5) is 41.2. The van der Waals surface area contributed by atoms with Crippen LogP contribution in [0.15, 0.2) is 48.5 Å². The van der Waals surface area contributed by atoms with Crippen molar-refractivity contribution in [1.29, 1.82) is 0 Å². The molecular weight excluding hydrogens is 430 g/mol. The van der Waals surface area contributed by atoms with Gasteiger partial charge in [-0.15, -0.1) is 0 Å². The molecule has 0 bridgehead atoms. The van der Waals surface area contributed by atoms with Crippen LogP contribution in [0, 0.1) is 0 Å². The number of aromatic nitrogens is 1. The van der Waals surface area contributed by atoms with E-state index in [9.17, 15) is 14.4 Å². The van der Waals surface area contributed by atoms with Crippen molar-refractivity contribution in [1.82, 2.24) is 14.4 Å². The van der Waals surface area contributed by atoms with Gasteiger partial charge >= 0.3 is 5.97 Å². The van der Waals surface area contributed by atoms with Gasteiger partial charge in [0.2, 0.25) is 11.8 Å². The fourth-order valence-electron chi connectivity index (χ4n) is 4.97. The van der Waals surface area contributed by atoms with E-state index in [1.54, 1.807) is 24.1 Å². The van der Waals surface area contributed by atoms with Crippen molar-refractivity contribution in [2.75, 3.05) is 13.6 Å². The normalized spacial score (nSPS) is 18.2. The molecule has 2 aliphatic rings. The second-order valence-corrected chi connectivity index (χ2v) is 10.2. The maximum Gasteiger partial charge on any atom is 0.338 e. The van der Waals surface area contributed by atoms with E-state index >= 15 is 0 Å². The molecule has 0 spiro atoms. The molecule has 5 rings (SSSR count). The average Bonchev–Trinajstić information content (AvgIpc) is 3.09. The first kappa shape index (κ1) is 22.2. The number of likely N-dealkylation sites (N-methyl/N-ethyl adjacent to an activating group) is 1. The molecule has 1 aromatic heterocycles. The number of benzene rings is 2. The minimum atomic E-state index is -0.543. The van der Waals surface area contributed by atoms with Crippen LogP contribution >= 0.6 is 0 Å². The lowest BCUT2D eigenvalue weighted by Crippen LogP contribution is -2.60. The van der Waals surface area contributed by atoms with E-state index < -0.39 is 11.6 Å². The molecule has 176 valence electrons. The van der Waals surface area contributed by atoms with Gasteiger partial charge in [-0.1, -0.05) is 30.3 Å². The number of nitrogens with zero attached hydrogens (tertiary/aromatic N) is 3. The molecule has 3 aromatic rings. The maximum atomic E-state index is 12.8. The van der Waals surface area contributed by atoms with Gasteiger partial charge in [0.15, 0.2) is 0 Å². The summed E-state index contributed by atoms with van der Waals surface area (Å²) in [6.45, 7) is 6.69. The quantitative estimate of drug-likeness (QED) is 0.563. The van der Waals surface area contributed by atoms with Gasteiger partial charge in [-0.3, -0.25) is 9.59 Å². The highest BCUT2D eigenvalue weighted by Crippen LogP contribution is 2.35. The van der Waals surface area contributed by atoms with Crippen molar-refractivity contribution >= 4 is 28.7 Å². The van der Waals surface area contributed by atoms with Crippen LogP contribution in [0.5, 0.6) is 0 Å². The van der Waals surface area contributed by atoms with Gasteiger partial charge in [-0.2, -0.15) is 0 Å². The van der Waals surface area contributed by atoms with Crippen LogP contribution < -0.4 is 0 Å². The number of carbonyl (C=O) groups excluding carboxylic acids is 3. The van der Waals surface area contributed by atoms with Crippen LogP contribution in [0.4, 0.5) is 0 Å². The number of esters is 1. The number of amides is 2. The fraction of sp³-hybridized carbons (Fsp3) is 0.370. The number of hydrogen-bond acceptors (Lipinski definition) is 4. The Hall–Kier alpha value is -3.61. The van der Waals surface area contributed by atoms with Crippen molar-refractivity contribution in [3.8, 4) is 0 Å². The smallest absolute Gasteiger partial charge is 0.338 e. The molecule has 0 radical (unpaired) electrons. The molecule has 1 atom stereocenters. The van der Waals surface area contributed by atoms with Crippen molar-refractivity contribution in [2.45, 2.75) is 51.9 Å². The molecule has 1 saturated heterocycles. The topological polar surface area (TPSA) is 71.8 Å². The molecule has 2 amide bonds. The second kappa shape index (κ2) is 8.01. The summed E-state index contributed by atoms with van der Waals surface area (Å²) >= 11 is 0. The van der Waals surface area contributed by atoms with Gasteiger partial charge in [0.05, 0.1) is 18.7 Å². The molecule has 0 N–H and O–H groups in total. The van der Waals surface area contributed by atoms with E-state index in [2.05, 4.69) is 16.7 Å². The average molecular weight is 460 g/mol. The highest BCUT2D eigenvalue weighted by atomic mass is 16.6. The number of piperazine rings is 1. The van der Waals surface area contributed by atoms with E-state index in [4.69, 9.17) is 4.74 Å². The van der Waals surface area contributed by atoms with Gasteiger partial charge in [-0.05, 0) is 50.1 Å². The van der Waals surface area contributed by atoms with E-state index in [1.165, 1.54) is 4.90 Å². The monoisotopic (exact) mass is 459 g/mol. The first-order valence-corrected chi connectivity index (χ1v) is 11.6. The van der Waals surface area contributed by atoms with Crippen molar-refractivity contribution < 1.29 is 19.1 Å². The summed E-state index contributed by atoms with van der Waals surface area (Å²) in [5, 5.41) is 1.12. The molecule has 2 aliphatic heterocycles. The number of hydrogen-bond donors (Lipinski definition) is 0. The number of carbonyl (C=O) groups is 3. The molecule has 1 fully saturated rings. The van der Waals surface area contributed by atoms with Gasteiger partial charge in [-0.25, -0.2) is 4.79 Å². The number of ether oxygens (including phenoxy) is 1. The summed E-state index contributed by atoms with van der Waals surface area (Å²) in [5.74, 6) is -0.358. The minimum Gasteiger partial charge on any atom is -0.456 e. The largest absolute Gasteiger partial charge is 0.456 e. The van der Waals surface area contributed by atoms with Crippen molar-refractivity contribution in [3.63, 3.8) is 0 Å². The predicted molar refractivity (Wildman–Crippen MR) is 128 cm³/mol. The summed E-state index contributed by atoms with van der Waals surface area (Å²) in [6, 6.07) is 15.2. The van der Waals surface area contributed by atoms with Gasteiger partial charge < -0.3 is 19.1 Å². The van der Waals surface area contributed by atoms with Gasteiger partial charge in [0, 0.05) is 36.6 Å². The number of fused-ring (bicyclic) bond motifs is 4. The van der Waals surface area contributed by atoms with Crippen LogP contribution in [-0.4, -0.2) is 57.4 Å². The van der Waals surface area contributed by atoms with Crippen molar-refractivity contribution in [2.24, 2.45) is 0 Å². The zero-order valence-corrected chi connectivity index (χ0v) is 20.0. The Labute approximate surface area is 198 Å². The third-order valence-electron chi connectivity index (χ3n) is 6.57. The minimum absolute atomic E-state index is 0.000173. The maximum absolute atomic E-state index is 12.8. The Morgan fingerprint density at radius 2 is 1.74 bits per heavy atom. The zero-order chi connectivity index (χ0) is 24.2. The Kier molecular flexibility index (Phi) is 5.23. The fourth-order valence-corrected chi connectivity index (χ4v) is 4.97. The van der Waals surface area contributed by atoms with Gasteiger partial charge in [0.1, 0.15) is 11.6 Å². The molecular formula is C27H29N3O4. The lowest BCUT2D eigenvalue weighted by Gasteiger charge is -2.41. The summed E-state index contributed by atoms with van der Waals surface area (Å²) in [6.07, 6.45) is 0.523. The Balaban J connectivity index is 1.49. The SMILES string of the molecule is CN1CC(=O)N2Cc3c(c4ccccc4n3Cc3ccc(C(=O)OC(C)(C)C)cc3)C[C@H]2C1=O. The van der Waals surface area contributed by atoms with E-state index in [1.807, 2.05) is 45.0 Å². The lowest BCUT2D eigenvalue weighted by atomic mass is 9.94. The first-order valence-electron chi connectivity index (χ1n) is 11.6. The zero-order valence-electron chi connectivity index (χ0n) is 20.0. The van der Waals surface area contributed by atoms with Crippen LogP contribution in [0.1, 0.15) is 48.0 Å². The molecule has 0 aliphatic carbocycles. The summed E-state index contributed by atoms with van der Waals surface area (Å²) < 4.78 is 7.70. The van der Waals surface area contributed by atoms with Gasteiger partial charge in [0.25, 0.3) is 0 Å². The van der Waals surface area contributed by atoms with Crippen LogP contribution in [-0.2, 0) is 33.8 Å². The Morgan fingerprint density at radius 1 is 1.03 bits per heavy atom. The summed E-state index contributed by atoms with van der Waals surface area (Å²) in [7, 11) is 1.69. The second-order valence-electron chi connectivity index (χ2n) is 10.2. The summed E-state index contributed by atoms with van der Waals surface area (Å²) in [5.41, 5.74) is 4.30. The molecule has 34 heavy (non-hydrogen) atoms. The number of rotatable bonds is 3. The first-order chi connectivity index (χ1) is 16.1. The Bertz CT molecular complexity index is 1300. The van der Waals surface area contributed by atoms with Crippen LogP contribution in [0.25, 0.3) is 10.9 Å². The van der Waals surface area contributed by atoms with Crippen LogP contribution in [0.2, 0.25) is 0 Å². The highest BCUT2D eigenvalue weighted by Gasteiger charge is 2.42. The molecule has 7 heteroatoms. The number of para-hydroxylation sites is 1. The third kappa shape index (κ3) is 3.85. The molecule has 7 nitrogen and oxygen atoms in total. The molecule has 0 saturated carbocycles. The predicted octanol–water partition coefficient (Wildman–Crippen LogP) is 3.37. The van der Waals surface area contributed by atoms with E-state index in [0.717, 1.165) is 27.7 Å². The van der Waals surface area contributed by atoms with E-state index in [-0.39, 0.29) is 24.3 Å². The van der Waals surface area contributed by atoms with Crippen molar-refractivity contribution in [3.05, 3.63) is 70.9 Å². The molecule has 3 heterocycles. The molecule has 0 unspecified atom stereocenters. The Morgan fingerprint density at radius 3 is 2.44 bits per heavy atom. The standard InChI is InChI=1S/C27H29N3O4/c1-27(2,3)34-26(33)18-11-9-17(10-12-18)14-29-21-8-6-5-7-19(21)20-13-22-25(32)28(4)16-24(31)30(22)15-23(20)29/h5-12,22H,13-16H2,1-4H3/t22-/m0/s1. The highest BCUT2D eigenvalue weighted by molar-refractivity contribution is 5.97. The third-order valence-corrected chi connectivity index (χ3v) is 6.57.